The van der Waals surface area contributed by atoms with Crippen molar-refractivity contribution < 1.29 is 23.2 Å². The van der Waals surface area contributed by atoms with Crippen molar-refractivity contribution in [1.82, 2.24) is 9.78 Å². The smallest absolute Gasteiger partial charge is 0.387 e. The summed E-state index contributed by atoms with van der Waals surface area (Å²) in [5, 5.41) is 17.0. The second-order valence-corrected chi connectivity index (χ2v) is 4.48. The number of amides is 1. The highest BCUT2D eigenvalue weighted by Gasteiger charge is 2.17. The highest BCUT2D eigenvalue weighted by Crippen LogP contribution is 2.25. The number of alkyl halides is 2. The van der Waals surface area contributed by atoms with Crippen molar-refractivity contribution in [3.05, 3.63) is 46.3 Å². The Morgan fingerprint density at radius 2 is 2.17 bits per heavy atom. The van der Waals surface area contributed by atoms with Crippen molar-refractivity contribution >= 4 is 17.3 Å². The summed E-state index contributed by atoms with van der Waals surface area (Å²) in [6, 6.07) is 5.70. The Morgan fingerprint density at radius 3 is 2.78 bits per heavy atom. The molecule has 0 radical (unpaired) electrons. The van der Waals surface area contributed by atoms with Gasteiger partial charge in [-0.1, -0.05) is 12.1 Å². The molecule has 8 nitrogen and oxygen atoms in total. The van der Waals surface area contributed by atoms with Gasteiger partial charge in [0.05, 0.1) is 10.6 Å². The Kier molecular flexibility index (Phi) is 4.84. The SMILES string of the molecule is Cc1nn(CC(=O)Nc2ccccc2OC(F)F)cc1[N+](=O)[O-]. The summed E-state index contributed by atoms with van der Waals surface area (Å²) in [6.07, 6.45) is 1.12. The molecule has 0 saturated carbocycles. The Morgan fingerprint density at radius 1 is 1.48 bits per heavy atom. The van der Waals surface area contributed by atoms with Crippen LogP contribution in [0, 0.1) is 17.0 Å². The van der Waals surface area contributed by atoms with E-state index in [1.54, 1.807) is 0 Å². The third-order valence-electron chi connectivity index (χ3n) is 2.80. The lowest BCUT2D eigenvalue weighted by Crippen LogP contribution is -2.20. The van der Waals surface area contributed by atoms with E-state index in [0.29, 0.717) is 0 Å². The number of ether oxygens (including phenoxy) is 1. The zero-order chi connectivity index (χ0) is 17.0. The molecule has 0 spiro atoms. The molecule has 0 bridgehead atoms. The third kappa shape index (κ3) is 4.22. The van der Waals surface area contributed by atoms with Crippen LogP contribution < -0.4 is 10.1 Å². The highest BCUT2D eigenvalue weighted by molar-refractivity contribution is 5.92. The number of carbonyl (C=O) groups excluding carboxylic acids is 1. The van der Waals surface area contributed by atoms with E-state index < -0.39 is 17.4 Å². The summed E-state index contributed by atoms with van der Waals surface area (Å²) in [5.74, 6) is -0.772. The first kappa shape index (κ1) is 16.3. The van der Waals surface area contributed by atoms with Crippen molar-refractivity contribution in [2.24, 2.45) is 0 Å². The van der Waals surface area contributed by atoms with Crippen LogP contribution in [-0.2, 0) is 11.3 Å². The molecule has 0 atom stereocenters. The van der Waals surface area contributed by atoms with Crippen LogP contribution in [0.25, 0.3) is 0 Å². The van der Waals surface area contributed by atoms with Gasteiger partial charge >= 0.3 is 12.3 Å². The average molecular weight is 326 g/mol. The van der Waals surface area contributed by atoms with Gasteiger partial charge in [-0.15, -0.1) is 0 Å². The predicted molar refractivity (Wildman–Crippen MR) is 75.3 cm³/mol. The van der Waals surface area contributed by atoms with E-state index in [2.05, 4.69) is 15.2 Å². The van der Waals surface area contributed by atoms with Gasteiger partial charge < -0.3 is 10.1 Å². The lowest BCUT2D eigenvalue weighted by molar-refractivity contribution is -0.385. The van der Waals surface area contributed by atoms with E-state index in [0.717, 1.165) is 10.9 Å². The Hall–Kier alpha value is -3.04. The summed E-state index contributed by atoms with van der Waals surface area (Å²) in [7, 11) is 0. The summed E-state index contributed by atoms with van der Waals surface area (Å²) in [4.78, 5) is 22.0. The lowest BCUT2D eigenvalue weighted by atomic mass is 10.3. The predicted octanol–water partition coefficient (Wildman–Crippen LogP) is 2.34. The van der Waals surface area contributed by atoms with Crippen LogP contribution in [0.5, 0.6) is 5.75 Å². The minimum absolute atomic E-state index is 0.0659. The first-order valence-corrected chi connectivity index (χ1v) is 6.39. The molecule has 10 heteroatoms. The minimum Gasteiger partial charge on any atom is -0.433 e. The van der Waals surface area contributed by atoms with E-state index in [9.17, 15) is 23.7 Å². The molecule has 1 N–H and O–H groups in total. The fraction of sp³-hybridized carbons (Fsp3) is 0.231. The number of carbonyl (C=O) groups is 1. The fourth-order valence-corrected chi connectivity index (χ4v) is 1.87. The Labute approximate surface area is 128 Å². The van der Waals surface area contributed by atoms with Crippen molar-refractivity contribution in [2.75, 3.05) is 5.32 Å². The minimum atomic E-state index is -3.02. The Balaban J connectivity index is 2.08. The summed E-state index contributed by atoms with van der Waals surface area (Å²) < 4.78 is 30.0. The number of anilines is 1. The molecule has 0 saturated heterocycles. The highest BCUT2D eigenvalue weighted by atomic mass is 19.3. The van der Waals surface area contributed by atoms with Gasteiger partial charge in [0.1, 0.15) is 24.2 Å². The molecular weight excluding hydrogens is 314 g/mol. The molecule has 0 aliphatic heterocycles. The van der Waals surface area contributed by atoms with Gasteiger partial charge in [0, 0.05) is 0 Å². The lowest BCUT2D eigenvalue weighted by Gasteiger charge is -2.11. The number of hydrogen-bond acceptors (Lipinski definition) is 5. The van der Waals surface area contributed by atoms with Gasteiger partial charge in [-0.25, -0.2) is 0 Å². The summed E-state index contributed by atoms with van der Waals surface area (Å²) in [6.45, 7) is -1.89. The monoisotopic (exact) mass is 326 g/mol. The molecule has 1 aromatic carbocycles. The van der Waals surface area contributed by atoms with Crippen LogP contribution in [0.15, 0.2) is 30.5 Å². The van der Waals surface area contributed by atoms with E-state index in [-0.39, 0.29) is 29.4 Å². The number of aromatic nitrogens is 2. The van der Waals surface area contributed by atoms with E-state index in [1.165, 1.54) is 31.2 Å². The molecule has 0 aliphatic carbocycles. The van der Waals surface area contributed by atoms with Crippen LogP contribution in [0.2, 0.25) is 0 Å². The molecule has 0 unspecified atom stereocenters. The van der Waals surface area contributed by atoms with E-state index in [1.807, 2.05) is 0 Å². The number of nitrogens with zero attached hydrogens (tertiary/aromatic N) is 3. The van der Waals surface area contributed by atoms with E-state index >= 15 is 0 Å². The molecule has 2 aromatic rings. The Bertz CT molecular complexity index is 733. The number of halogens is 2. The number of nitrogens with one attached hydrogen (secondary N) is 1. The van der Waals surface area contributed by atoms with Gasteiger partial charge in [0.15, 0.2) is 0 Å². The number of rotatable bonds is 6. The van der Waals surface area contributed by atoms with Crippen LogP contribution in [0.4, 0.5) is 20.2 Å². The molecular formula is C13H12F2N4O4. The first-order chi connectivity index (χ1) is 10.9. The van der Waals surface area contributed by atoms with Gasteiger partial charge in [-0.05, 0) is 19.1 Å². The molecule has 1 aromatic heterocycles. The van der Waals surface area contributed by atoms with Gasteiger partial charge in [0.2, 0.25) is 5.91 Å². The second kappa shape index (κ2) is 6.81. The molecule has 122 valence electrons. The van der Waals surface area contributed by atoms with Gasteiger partial charge in [-0.2, -0.15) is 13.9 Å². The van der Waals surface area contributed by atoms with Crippen molar-refractivity contribution in [3.8, 4) is 5.75 Å². The zero-order valence-electron chi connectivity index (χ0n) is 11.9. The number of hydrogen-bond donors (Lipinski definition) is 1. The fourth-order valence-electron chi connectivity index (χ4n) is 1.87. The number of aryl methyl sites for hydroxylation is 1. The molecule has 23 heavy (non-hydrogen) atoms. The first-order valence-electron chi connectivity index (χ1n) is 6.39. The maximum atomic E-state index is 12.3. The van der Waals surface area contributed by atoms with Crippen LogP contribution in [-0.4, -0.2) is 27.2 Å². The maximum Gasteiger partial charge on any atom is 0.387 e. The number of nitro groups is 1. The van der Waals surface area contributed by atoms with Gasteiger partial charge in [-0.3, -0.25) is 19.6 Å². The second-order valence-electron chi connectivity index (χ2n) is 4.48. The quantitative estimate of drug-likeness (QED) is 0.649. The van der Waals surface area contributed by atoms with Gasteiger partial charge in [0.25, 0.3) is 0 Å². The molecule has 0 fully saturated rings. The summed E-state index contributed by atoms with van der Waals surface area (Å²) >= 11 is 0. The van der Waals surface area contributed by atoms with E-state index in [4.69, 9.17) is 0 Å². The normalized spacial score (nSPS) is 10.6. The largest absolute Gasteiger partial charge is 0.433 e. The molecule has 1 heterocycles. The van der Waals surface area contributed by atoms with Crippen molar-refractivity contribution in [1.29, 1.82) is 0 Å². The number of benzene rings is 1. The van der Waals surface area contributed by atoms with Crippen LogP contribution in [0.3, 0.4) is 0 Å². The van der Waals surface area contributed by atoms with Crippen molar-refractivity contribution in [3.63, 3.8) is 0 Å². The van der Waals surface area contributed by atoms with Crippen LogP contribution >= 0.6 is 0 Å². The third-order valence-corrected chi connectivity index (χ3v) is 2.80. The average Bonchev–Trinajstić information content (AvgIpc) is 2.81. The number of para-hydroxylation sites is 2. The standard InChI is InChI=1S/C13H12F2N4O4/c1-8-10(19(21)22)6-18(17-8)7-12(20)16-9-4-2-3-5-11(9)23-13(14)15/h2-6,13H,7H2,1H3,(H,16,20). The topological polar surface area (TPSA) is 99.3 Å². The molecule has 0 aliphatic rings. The molecule has 1 amide bonds. The maximum absolute atomic E-state index is 12.3. The summed E-state index contributed by atoms with van der Waals surface area (Å²) in [5.41, 5.74) is 0.0274. The van der Waals surface area contributed by atoms with Crippen LogP contribution in [0.1, 0.15) is 5.69 Å². The van der Waals surface area contributed by atoms with Crippen molar-refractivity contribution in [2.45, 2.75) is 20.1 Å². The zero-order valence-corrected chi connectivity index (χ0v) is 11.9. The molecule has 2 rings (SSSR count).